The third-order valence-corrected chi connectivity index (χ3v) is 3.26. The largest absolute Gasteiger partial charge is 0.496 e. The van der Waals surface area contributed by atoms with Gasteiger partial charge in [0.2, 0.25) is 0 Å². The number of nitrogens with zero attached hydrogens (tertiary/aromatic N) is 2. The van der Waals surface area contributed by atoms with Gasteiger partial charge in [-0.3, -0.25) is 0 Å². The second-order valence-corrected chi connectivity index (χ2v) is 5.00. The minimum absolute atomic E-state index is 0.0522. The van der Waals surface area contributed by atoms with E-state index in [1.165, 1.54) is 31.1 Å². The van der Waals surface area contributed by atoms with Gasteiger partial charge in [-0.1, -0.05) is 18.7 Å². The number of halogens is 2. The van der Waals surface area contributed by atoms with Crippen LogP contribution in [-0.2, 0) is 0 Å². The predicted octanol–water partition coefficient (Wildman–Crippen LogP) is 2.92. The molecule has 2 rings (SSSR count). The van der Waals surface area contributed by atoms with E-state index in [0.717, 1.165) is 5.75 Å². The first-order valence-electron chi connectivity index (χ1n) is 5.77. The normalized spacial score (nSPS) is 10.6. The average molecular weight is 296 g/mol. The van der Waals surface area contributed by atoms with Crippen molar-refractivity contribution in [3.05, 3.63) is 30.0 Å². The number of methoxy groups -OCH3 is 1. The average Bonchev–Trinajstić information content (AvgIpc) is 2.43. The number of thioether (sulfide) groups is 1. The summed E-state index contributed by atoms with van der Waals surface area (Å²) >= 11 is 1.41. The van der Waals surface area contributed by atoms with Gasteiger partial charge in [-0.25, -0.2) is 18.7 Å². The van der Waals surface area contributed by atoms with Gasteiger partial charge in [0.25, 0.3) is 0 Å². The van der Waals surface area contributed by atoms with Crippen LogP contribution in [0.25, 0.3) is 11.1 Å². The molecular weight excluding hydrogens is 284 g/mol. The molecule has 20 heavy (non-hydrogen) atoms. The molecule has 1 aromatic carbocycles. The minimum Gasteiger partial charge on any atom is -0.496 e. The number of hydrogen-bond donors (Lipinski definition) is 1. The highest BCUT2D eigenvalue weighted by Crippen LogP contribution is 2.32. The second-order valence-electron chi connectivity index (χ2n) is 3.76. The Bertz CT molecular complexity index is 637. The van der Waals surface area contributed by atoms with Crippen molar-refractivity contribution in [2.24, 2.45) is 0 Å². The van der Waals surface area contributed by atoms with E-state index in [1.807, 2.05) is 6.92 Å². The summed E-state index contributed by atoms with van der Waals surface area (Å²) in [5.74, 6) is -1.24. The van der Waals surface area contributed by atoms with E-state index < -0.39 is 11.6 Å². The van der Waals surface area contributed by atoms with Crippen LogP contribution in [0.4, 0.5) is 14.6 Å². The SMILES string of the molecule is CCSc1ncc(-c2cc(OC)[c]c(F)c2F)c(N)n1. The fourth-order valence-corrected chi connectivity index (χ4v) is 2.15. The standard InChI is InChI=1S/C13H12F2N3OS/c1-3-20-13-17-6-9(12(16)18-13)8-4-7(19-2)5-10(14)11(8)15/h4,6H,3H2,1-2H3,(H2,16,17,18). The van der Waals surface area contributed by atoms with Crippen molar-refractivity contribution in [1.29, 1.82) is 0 Å². The summed E-state index contributed by atoms with van der Waals surface area (Å²) in [5.41, 5.74) is 5.95. The second kappa shape index (κ2) is 6.04. The summed E-state index contributed by atoms with van der Waals surface area (Å²) < 4.78 is 32.2. The first kappa shape index (κ1) is 14.5. The maximum absolute atomic E-state index is 13.9. The molecule has 0 unspecified atom stereocenters. The molecule has 0 amide bonds. The molecule has 0 atom stereocenters. The van der Waals surface area contributed by atoms with Crippen LogP contribution in [0.3, 0.4) is 0 Å². The Hall–Kier alpha value is -1.89. The molecule has 0 saturated carbocycles. The first-order valence-corrected chi connectivity index (χ1v) is 6.76. The third kappa shape index (κ3) is 2.82. The molecule has 2 aromatic rings. The maximum atomic E-state index is 13.9. The quantitative estimate of drug-likeness (QED) is 0.694. The number of nitrogen functional groups attached to an aromatic ring is 1. The van der Waals surface area contributed by atoms with E-state index >= 15 is 0 Å². The molecule has 0 spiro atoms. The van der Waals surface area contributed by atoms with Crippen LogP contribution >= 0.6 is 11.8 Å². The molecule has 1 radical (unpaired) electrons. The lowest BCUT2D eigenvalue weighted by molar-refractivity contribution is 0.405. The van der Waals surface area contributed by atoms with Gasteiger partial charge < -0.3 is 10.5 Å². The smallest absolute Gasteiger partial charge is 0.189 e. The molecule has 0 bridgehead atoms. The zero-order valence-electron chi connectivity index (χ0n) is 10.9. The van der Waals surface area contributed by atoms with E-state index in [9.17, 15) is 8.78 Å². The van der Waals surface area contributed by atoms with Gasteiger partial charge in [-0.2, -0.15) is 0 Å². The lowest BCUT2D eigenvalue weighted by Gasteiger charge is -2.09. The Morgan fingerprint density at radius 3 is 2.75 bits per heavy atom. The third-order valence-electron chi connectivity index (χ3n) is 2.52. The van der Waals surface area contributed by atoms with Crippen LogP contribution in [0, 0.1) is 17.7 Å². The number of ether oxygens (including phenoxy) is 1. The summed E-state index contributed by atoms with van der Waals surface area (Å²) in [6.45, 7) is 1.95. The Morgan fingerprint density at radius 1 is 1.40 bits per heavy atom. The molecule has 1 heterocycles. The highest BCUT2D eigenvalue weighted by atomic mass is 32.2. The summed E-state index contributed by atoms with van der Waals surface area (Å²) in [6, 6.07) is 3.44. The summed E-state index contributed by atoms with van der Waals surface area (Å²) in [4.78, 5) is 8.12. The van der Waals surface area contributed by atoms with E-state index in [0.29, 0.717) is 5.16 Å². The van der Waals surface area contributed by atoms with E-state index in [-0.39, 0.29) is 22.7 Å². The van der Waals surface area contributed by atoms with Crippen LogP contribution in [0.15, 0.2) is 17.4 Å². The summed E-state index contributed by atoms with van der Waals surface area (Å²) in [6.07, 6.45) is 1.37. The van der Waals surface area contributed by atoms with Crippen molar-refractivity contribution in [2.75, 3.05) is 18.6 Å². The number of nitrogens with two attached hydrogens (primary N) is 1. The molecule has 7 heteroatoms. The van der Waals surface area contributed by atoms with E-state index in [2.05, 4.69) is 16.0 Å². The van der Waals surface area contributed by atoms with Gasteiger partial charge in [0.1, 0.15) is 11.6 Å². The van der Waals surface area contributed by atoms with Gasteiger partial charge in [-0.15, -0.1) is 0 Å². The molecule has 105 valence electrons. The van der Waals surface area contributed by atoms with Gasteiger partial charge in [0.15, 0.2) is 16.8 Å². The van der Waals surface area contributed by atoms with Crippen molar-refractivity contribution < 1.29 is 13.5 Å². The fourth-order valence-electron chi connectivity index (χ4n) is 1.60. The van der Waals surface area contributed by atoms with E-state index in [4.69, 9.17) is 10.5 Å². The first-order chi connectivity index (χ1) is 9.56. The molecule has 0 aliphatic rings. The molecule has 1 aromatic heterocycles. The maximum Gasteiger partial charge on any atom is 0.189 e. The zero-order valence-corrected chi connectivity index (χ0v) is 11.7. The summed E-state index contributed by atoms with van der Waals surface area (Å²) in [7, 11) is 1.34. The highest BCUT2D eigenvalue weighted by Gasteiger charge is 2.17. The topological polar surface area (TPSA) is 61.0 Å². The highest BCUT2D eigenvalue weighted by molar-refractivity contribution is 7.99. The number of aromatic nitrogens is 2. The number of hydrogen-bond acceptors (Lipinski definition) is 5. The number of anilines is 1. The van der Waals surface area contributed by atoms with Gasteiger partial charge in [0.05, 0.1) is 13.2 Å². The van der Waals surface area contributed by atoms with Crippen LogP contribution in [0.1, 0.15) is 6.92 Å². The van der Waals surface area contributed by atoms with E-state index in [1.54, 1.807) is 0 Å². The fraction of sp³-hybridized carbons (Fsp3) is 0.231. The lowest BCUT2D eigenvalue weighted by atomic mass is 10.1. The molecular formula is C13H12F2N3OS. The Labute approximate surface area is 119 Å². The van der Waals surface area contributed by atoms with Crippen molar-refractivity contribution >= 4 is 17.6 Å². The van der Waals surface area contributed by atoms with Crippen LogP contribution < -0.4 is 10.5 Å². The Morgan fingerprint density at radius 2 is 2.15 bits per heavy atom. The van der Waals surface area contributed by atoms with Crippen LogP contribution in [0.5, 0.6) is 5.75 Å². The minimum atomic E-state index is -1.13. The van der Waals surface area contributed by atoms with Crippen LogP contribution in [0.2, 0.25) is 0 Å². The Kier molecular flexibility index (Phi) is 4.39. The Balaban J connectivity index is 2.53. The molecule has 2 N–H and O–H groups in total. The zero-order chi connectivity index (χ0) is 14.7. The van der Waals surface area contributed by atoms with Crippen LogP contribution in [-0.4, -0.2) is 22.8 Å². The predicted molar refractivity (Wildman–Crippen MR) is 73.6 cm³/mol. The molecule has 0 saturated heterocycles. The monoisotopic (exact) mass is 296 g/mol. The molecule has 0 aliphatic carbocycles. The molecule has 4 nitrogen and oxygen atoms in total. The van der Waals surface area contributed by atoms with Gasteiger partial charge >= 0.3 is 0 Å². The van der Waals surface area contributed by atoms with Crippen molar-refractivity contribution in [2.45, 2.75) is 12.1 Å². The van der Waals surface area contributed by atoms with Crippen molar-refractivity contribution in [3.63, 3.8) is 0 Å². The van der Waals surface area contributed by atoms with Gasteiger partial charge in [0, 0.05) is 17.3 Å². The molecule has 0 fully saturated rings. The molecule has 0 aliphatic heterocycles. The van der Waals surface area contributed by atoms with Crippen molar-refractivity contribution in [1.82, 2.24) is 9.97 Å². The van der Waals surface area contributed by atoms with Crippen molar-refractivity contribution in [3.8, 4) is 16.9 Å². The van der Waals surface area contributed by atoms with Gasteiger partial charge in [-0.05, 0) is 11.8 Å². The number of rotatable bonds is 4. The number of benzene rings is 1. The lowest BCUT2D eigenvalue weighted by Crippen LogP contribution is -2.01. The summed E-state index contributed by atoms with van der Waals surface area (Å²) in [5, 5.41) is 0.490.